The van der Waals surface area contributed by atoms with E-state index in [1.54, 1.807) is 6.08 Å². The average molecular weight is 165 g/mol. The number of aryl methyl sites for hydroxylation is 1. The maximum Gasteiger partial charge on any atom is 0.110 e. The molecule has 0 aromatic carbocycles. The molecule has 66 valence electrons. The van der Waals surface area contributed by atoms with Gasteiger partial charge in [0.15, 0.2) is 0 Å². The van der Waals surface area contributed by atoms with Gasteiger partial charge in [0, 0.05) is 0 Å². The van der Waals surface area contributed by atoms with Crippen LogP contribution in [0.15, 0.2) is 11.6 Å². The van der Waals surface area contributed by atoms with E-state index in [4.69, 9.17) is 0 Å². The van der Waals surface area contributed by atoms with E-state index in [1.165, 1.54) is 0 Å². The third-order valence-electron chi connectivity index (χ3n) is 1.29. The van der Waals surface area contributed by atoms with E-state index in [9.17, 15) is 0 Å². The van der Waals surface area contributed by atoms with E-state index in [0.29, 0.717) is 0 Å². The van der Waals surface area contributed by atoms with Gasteiger partial charge in [-0.2, -0.15) is 5.10 Å². The molecule has 0 amide bonds. The van der Waals surface area contributed by atoms with Crippen molar-refractivity contribution in [3.8, 4) is 0 Å². The zero-order valence-electron chi connectivity index (χ0n) is 7.89. The first-order valence-electron chi connectivity index (χ1n) is 3.93. The Morgan fingerprint density at radius 2 is 2.08 bits per heavy atom. The Balaban J connectivity index is 0.000000561. The molecule has 0 spiro atoms. The lowest BCUT2D eigenvalue weighted by atomic mass is 10.3. The highest BCUT2D eigenvalue weighted by atomic mass is 15.1. The van der Waals surface area contributed by atoms with Gasteiger partial charge in [0.25, 0.3) is 0 Å². The molecule has 12 heavy (non-hydrogen) atoms. The molecule has 1 aromatic heterocycles. The molecule has 1 heterocycles. The number of aromatic amines is 1. The van der Waals surface area contributed by atoms with Crippen LogP contribution >= 0.6 is 0 Å². The van der Waals surface area contributed by atoms with E-state index >= 15 is 0 Å². The van der Waals surface area contributed by atoms with Gasteiger partial charge in [-0.1, -0.05) is 20.4 Å². The van der Waals surface area contributed by atoms with Crippen LogP contribution in [-0.4, -0.2) is 16.9 Å². The van der Waals surface area contributed by atoms with Gasteiger partial charge in [0.2, 0.25) is 0 Å². The first-order chi connectivity index (χ1) is 5.79. The number of hydrogen-bond acceptors (Lipinski definition) is 2. The number of nitrogens with zero attached hydrogens (tertiary/aromatic N) is 2. The van der Waals surface area contributed by atoms with Gasteiger partial charge in [0.1, 0.15) is 11.4 Å². The van der Waals surface area contributed by atoms with Crippen LogP contribution in [0.5, 0.6) is 0 Å². The number of hydrogen-bond donors (Lipinski definition) is 1. The van der Waals surface area contributed by atoms with Crippen molar-refractivity contribution >= 4 is 18.5 Å². The Labute approximate surface area is 73.2 Å². The van der Waals surface area contributed by atoms with Crippen LogP contribution in [0.4, 0.5) is 5.69 Å². The van der Waals surface area contributed by atoms with Gasteiger partial charge in [-0.05, 0) is 19.7 Å². The van der Waals surface area contributed by atoms with Crippen molar-refractivity contribution in [1.82, 2.24) is 10.2 Å². The Bertz CT molecular complexity index is 261. The fourth-order valence-corrected chi connectivity index (χ4v) is 0.784. The maximum atomic E-state index is 3.93. The summed E-state index contributed by atoms with van der Waals surface area (Å²) in [4.78, 5) is 3.79. The molecular weight excluding hydrogens is 150 g/mol. The molecule has 0 saturated carbocycles. The summed E-state index contributed by atoms with van der Waals surface area (Å²) in [6, 6.07) is 0. The van der Waals surface area contributed by atoms with Crippen molar-refractivity contribution in [3.63, 3.8) is 0 Å². The van der Waals surface area contributed by atoms with Crippen molar-refractivity contribution in [2.45, 2.75) is 20.8 Å². The molecule has 0 radical (unpaired) electrons. The van der Waals surface area contributed by atoms with E-state index in [-0.39, 0.29) is 0 Å². The van der Waals surface area contributed by atoms with Crippen molar-refractivity contribution in [2.75, 3.05) is 0 Å². The molecular formula is C9H15N3. The fourth-order valence-electron chi connectivity index (χ4n) is 0.784. The molecule has 1 N–H and O–H groups in total. The van der Waals surface area contributed by atoms with Crippen molar-refractivity contribution in [2.24, 2.45) is 4.99 Å². The lowest BCUT2D eigenvalue weighted by Crippen LogP contribution is -1.68. The van der Waals surface area contributed by atoms with Crippen molar-refractivity contribution in [3.05, 3.63) is 18.0 Å². The number of rotatable bonds is 2. The summed E-state index contributed by atoms with van der Waals surface area (Å²) in [6.07, 6.45) is 1.65. The first kappa shape index (κ1) is 10.6. The van der Waals surface area contributed by atoms with Crippen LogP contribution in [-0.2, 0) is 0 Å². The van der Waals surface area contributed by atoms with Gasteiger partial charge in [-0.25, -0.2) is 0 Å². The quantitative estimate of drug-likeness (QED) is 0.672. The molecule has 0 aliphatic rings. The van der Waals surface area contributed by atoms with Gasteiger partial charge in [-0.15, -0.1) is 0 Å². The van der Waals surface area contributed by atoms with E-state index < -0.39 is 0 Å². The van der Waals surface area contributed by atoms with Crippen LogP contribution in [0.1, 0.15) is 25.2 Å². The standard InChI is InChI=1S/C7H9N3.C2H6/c1-4-6-7(8-3)5(2)9-10-6;1-2/h4H,1,3H2,2H3,(H,9,10);1-2H3. The topological polar surface area (TPSA) is 41.0 Å². The van der Waals surface area contributed by atoms with E-state index in [2.05, 4.69) is 28.5 Å². The predicted octanol–water partition coefficient (Wildman–Crippen LogP) is 2.72. The number of aliphatic imine (C=N–C) groups is 1. The highest BCUT2D eigenvalue weighted by Gasteiger charge is 2.02. The van der Waals surface area contributed by atoms with Crippen LogP contribution in [0.25, 0.3) is 6.08 Å². The van der Waals surface area contributed by atoms with Gasteiger partial charge >= 0.3 is 0 Å². The molecule has 3 nitrogen and oxygen atoms in total. The lowest BCUT2D eigenvalue weighted by molar-refractivity contribution is 1.04. The minimum Gasteiger partial charge on any atom is -0.280 e. The largest absolute Gasteiger partial charge is 0.280 e. The van der Waals surface area contributed by atoms with E-state index in [1.807, 2.05) is 20.8 Å². The summed E-state index contributed by atoms with van der Waals surface area (Å²) in [7, 11) is 0. The van der Waals surface area contributed by atoms with Crippen molar-refractivity contribution < 1.29 is 0 Å². The molecule has 0 bridgehead atoms. The van der Waals surface area contributed by atoms with Crippen LogP contribution < -0.4 is 0 Å². The summed E-state index contributed by atoms with van der Waals surface area (Å²) < 4.78 is 0. The molecule has 1 rings (SSSR count). The van der Waals surface area contributed by atoms with Crippen LogP contribution in [0.3, 0.4) is 0 Å². The summed E-state index contributed by atoms with van der Waals surface area (Å²) in [5.74, 6) is 0. The molecule has 0 aliphatic heterocycles. The number of nitrogens with one attached hydrogen (secondary N) is 1. The smallest absolute Gasteiger partial charge is 0.110 e. The molecule has 3 heteroatoms. The third kappa shape index (κ3) is 2.05. The maximum absolute atomic E-state index is 3.93. The zero-order valence-corrected chi connectivity index (χ0v) is 7.89. The Kier molecular flexibility index (Phi) is 4.69. The minimum atomic E-state index is 0.757. The minimum absolute atomic E-state index is 0.757. The summed E-state index contributed by atoms with van der Waals surface area (Å²) in [5, 5.41) is 6.71. The highest BCUT2D eigenvalue weighted by Crippen LogP contribution is 2.20. The SMILES string of the molecule is C=Cc1n[nH]c(C)c1N=C.CC. The Hall–Kier alpha value is -1.38. The number of H-pyrrole nitrogens is 1. The summed E-state index contributed by atoms with van der Waals surface area (Å²) in [5.41, 5.74) is 2.47. The van der Waals surface area contributed by atoms with Gasteiger partial charge in [0.05, 0.1) is 5.69 Å². The molecule has 1 aromatic rings. The normalized spacial score (nSPS) is 8.25. The Morgan fingerprint density at radius 3 is 2.42 bits per heavy atom. The monoisotopic (exact) mass is 165 g/mol. The second-order valence-corrected chi connectivity index (χ2v) is 1.94. The first-order valence-corrected chi connectivity index (χ1v) is 3.93. The van der Waals surface area contributed by atoms with Crippen LogP contribution in [0.2, 0.25) is 0 Å². The summed E-state index contributed by atoms with van der Waals surface area (Å²) >= 11 is 0. The Morgan fingerprint density at radius 1 is 1.50 bits per heavy atom. The number of aromatic nitrogens is 2. The predicted molar refractivity (Wildman–Crippen MR) is 54.0 cm³/mol. The molecule has 0 unspecified atom stereocenters. The second-order valence-electron chi connectivity index (χ2n) is 1.94. The summed E-state index contributed by atoms with van der Waals surface area (Å²) in [6.45, 7) is 12.9. The van der Waals surface area contributed by atoms with Crippen molar-refractivity contribution in [1.29, 1.82) is 0 Å². The van der Waals surface area contributed by atoms with E-state index in [0.717, 1.165) is 17.1 Å². The zero-order chi connectivity index (χ0) is 9.56. The highest BCUT2D eigenvalue weighted by molar-refractivity contribution is 5.63. The molecule has 0 aliphatic carbocycles. The second kappa shape index (κ2) is 5.29. The van der Waals surface area contributed by atoms with Gasteiger partial charge in [-0.3, -0.25) is 10.1 Å². The fraction of sp³-hybridized carbons (Fsp3) is 0.333. The van der Waals surface area contributed by atoms with Gasteiger partial charge < -0.3 is 0 Å². The average Bonchev–Trinajstić information content (AvgIpc) is 2.49. The molecule has 0 atom stereocenters. The molecule has 0 saturated heterocycles. The van der Waals surface area contributed by atoms with Crippen LogP contribution in [0, 0.1) is 6.92 Å². The third-order valence-corrected chi connectivity index (χ3v) is 1.29. The lowest BCUT2D eigenvalue weighted by Gasteiger charge is -1.87. The molecule has 0 fully saturated rings.